The number of benzene rings is 1. The molecule has 1 atom stereocenters. The Morgan fingerprint density at radius 3 is 2.60 bits per heavy atom. The third kappa shape index (κ3) is 5.22. The van der Waals surface area contributed by atoms with Crippen LogP contribution in [-0.4, -0.2) is 30.6 Å². The zero-order valence-electron chi connectivity index (χ0n) is 13.2. The number of anilines is 1. The van der Waals surface area contributed by atoms with Gasteiger partial charge in [0.15, 0.2) is 0 Å². The van der Waals surface area contributed by atoms with Crippen molar-refractivity contribution in [1.82, 2.24) is 4.90 Å². The third-order valence-corrected chi connectivity index (χ3v) is 3.70. The summed E-state index contributed by atoms with van der Waals surface area (Å²) in [5.41, 5.74) is 2.87. The summed E-state index contributed by atoms with van der Waals surface area (Å²) >= 11 is 0. The number of hydrogen-bond acceptors (Lipinski definition) is 3. The molecule has 0 saturated heterocycles. The van der Waals surface area contributed by atoms with Gasteiger partial charge in [0.25, 0.3) is 0 Å². The molecule has 1 N–H and O–H groups in total. The Morgan fingerprint density at radius 1 is 1.30 bits per heavy atom. The zero-order valence-corrected chi connectivity index (χ0v) is 13.2. The summed E-state index contributed by atoms with van der Waals surface area (Å²) in [5, 5.41) is 12.6. The lowest BCUT2D eigenvalue weighted by molar-refractivity contribution is 0.295. The molecule has 3 nitrogen and oxygen atoms in total. The van der Waals surface area contributed by atoms with Gasteiger partial charge in [0.1, 0.15) is 6.07 Å². The number of nitrogens with one attached hydrogen (secondary N) is 1. The van der Waals surface area contributed by atoms with Gasteiger partial charge in [0.2, 0.25) is 0 Å². The molecule has 1 unspecified atom stereocenters. The molecule has 0 radical (unpaired) electrons. The van der Waals surface area contributed by atoms with Crippen molar-refractivity contribution in [2.45, 2.75) is 46.6 Å². The van der Waals surface area contributed by atoms with Gasteiger partial charge < -0.3 is 10.2 Å². The monoisotopic (exact) mass is 273 g/mol. The summed E-state index contributed by atoms with van der Waals surface area (Å²) in [5.74, 6) is 0. The van der Waals surface area contributed by atoms with Crippen LogP contribution in [0.2, 0.25) is 0 Å². The summed E-state index contributed by atoms with van der Waals surface area (Å²) in [7, 11) is 0. The maximum absolute atomic E-state index is 9.14. The quantitative estimate of drug-likeness (QED) is 0.783. The average molecular weight is 273 g/mol. The highest BCUT2D eigenvalue weighted by Gasteiger charge is 2.07. The molecule has 20 heavy (non-hydrogen) atoms. The van der Waals surface area contributed by atoms with Crippen molar-refractivity contribution in [3.63, 3.8) is 0 Å². The normalized spacial score (nSPS) is 12.2. The maximum Gasteiger partial charge on any atom is 0.101 e. The molecule has 0 aliphatic carbocycles. The van der Waals surface area contributed by atoms with Crippen LogP contribution < -0.4 is 5.32 Å². The first-order valence-corrected chi connectivity index (χ1v) is 7.60. The Bertz CT molecular complexity index is 444. The van der Waals surface area contributed by atoms with E-state index < -0.39 is 0 Å². The van der Waals surface area contributed by atoms with Crippen LogP contribution >= 0.6 is 0 Å². The first-order valence-electron chi connectivity index (χ1n) is 7.60. The summed E-state index contributed by atoms with van der Waals surface area (Å²) in [6.07, 6.45) is 2.30. The van der Waals surface area contributed by atoms with Crippen LogP contribution in [0.3, 0.4) is 0 Å². The molecule has 0 saturated carbocycles. The number of aryl methyl sites for hydroxylation is 1. The fourth-order valence-electron chi connectivity index (χ4n) is 2.37. The van der Waals surface area contributed by atoms with Crippen molar-refractivity contribution >= 4 is 5.69 Å². The third-order valence-electron chi connectivity index (χ3n) is 3.70. The molecule has 1 aromatic carbocycles. The topological polar surface area (TPSA) is 39.1 Å². The maximum atomic E-state index is 9.14. The highest BCUT2D eigenvalue weighted by molar-refractivity contribution is 5.59. The van der Waals surface area contributed by atoms with E-state index >= 15 is 0 Å². The van der Waals surface area contributed by atoms with Gasteiger partial charge in [0.05, 0.1) is 11.3 Å². The van der Waals surface area contributed by atoms with Gasteiger partial charge in [-0.1, -0.05) is 19.9 Å². The molecule has 0 aliphatic heterocycles. The molecule has 0 bridgehead atoms. The van der Waals surface area contributed by atoms with Crippen LogP contribution in [0.5, 0.6) is 0 Å². The zero-order chi connectivity index (χ0) is 15.0. The lowest BCUT2D eigenvalue weighted by Gasteiger charge is -2.20. The van der Waals surface area contributed by atoms with Gasteiger partial charge >= 0.3 is 0 Å². The number of nitriles is 1. The van der Waals surface area contributed by atoms with E-state index in [9.17, 15) is 0 Å². The minimum absolute atomic E-state index is 0.388. The van der Waals surface area contributed by atoms with Crippen molar-refractivity contribution in [2.24, 2.45) is 0 Å². The molecule has 0 aromatic heterocycles. The highest BCUT2D eigenvalue weighted by atomic mass is 15.1. The molecule has 0 amide bonds. The standard InChI is InChI=1S/C17H27N3/c1-5-20(6-2)11-7-8-15(4)19-17-12-14(3)9-10-16(17)13-18/h9-10,12,15,19H,5-8,11H2,1-4H3. The number of rotatable bonds is 8. The first-order chi connectivity index (χ1) is 9.60. The van der Waals surface area contributed by atoms with E-state index in [1.807, 2.05) is 12.1 Å². The van der Waals surface area contributed by atoms with Crippen LogP contribution in [0.1, 0.15) is 44.7 Å². The Balaban J connectivity index is 2.48. The fourth-order valence-corrected chi connectivity index (χ4v) is 2.37. The van der Waals surface area contributed by atoms with Gasteiger partial charge in [-0.25, -0.2) is 0 Å². The van der Waals surface area contributed by atoms with Crippen molar-refractivity contribution in [1.29, 1.82) is 5.26 Å². The van der Waals surface area contributed by atoms with Gasteiger partial charge in [-0.3, -0.25) is 0 Å². The van der Waals surface area contributed by atoms with E-state index in [1.165, 1.54) is 12.0 Å². The fraction of sp³-hybridized carbons (Fsp3) is 0.588. The molecule has 0 aliphatic rings. The minimum Gasteiger partial charge on any atom is -0.382 e. The Morgan fingerprint density at radius 2 is 2.00 bits per heavy atom. The van der Waals surface area contributed by atoms with Crippen LogP contribution in [0, 0.1) is 18.3 Å². The molecular weight excluding hydrogens is 246 g/mol. The predicted molar refractivity (Wildman–Crippen MR) is 86.0 cm³/mol. The van der Waals surface area contributed by atoms with Crippen molar-refractivity contribution in [3.05, 3.63) is 29.3 Å². The summed E-state index contributed by atoms with van der Waals surface area (Å²) in [6.45, 7) is 12.0. The van der Waals surface area contributed by atoms with Crippen LogP contribution in [-0.2, 0) is 0 Å². The van der Waals surface area contributed by atoms with E-state index in [2.05, 4.69) is 50.0 Å². The molecule has 1 rings (SSSR count). The lowest BCUT2D eigenvalue weighted by atomic mass is 10.1. The van der Waals surface area contributed by atoms with Crippen LogP contribution in [0.4, 0.5) is 5.69 Å². The highest BCUT2D eigenvalue weighted by Crippen LogP contribution is 2.18. The molecule has 0 heterocycles. The minimum atomic E-state index is 0.388. The average Bonchev–Trinajstić information content (AvgIpc) is 2.44. The summed E-state index contributed by atoms with van der Waals surface area (Å²) < 4.78 is 0. The molecule has 1 aromatic rings. The van der Waals surface area contributed by atoms with Gasteiger partial charge in [-0.05, 0) is 64.0 Å². The second kappa shape index (κ2) is 8.60. The molecule has 3 heteroatoms. The molecule has 110 valence electrons. The van der Waals surface area contributed by atoms with Gasteiger partial charge in [-0.2, -0.15) is 5.26 Å². The van der Waals surface area contributed by atoms with Crippen molar-refractivity contribution in [2.75, 3.05) is 25.0 Å². The first kappa shape index (κ1) is 16.5. The van der Waals surface area contributed by atoms with Crippen LogP contribution in [0.15, 0.2) is 18.2 Å². The number of nitrogens with zero attached hydrogens (tertiary/aromatic N) is 2. The number of hydrogen-bond donors (Lipinski definition) is 1. The molecular formula is C17H27N3. The van der Waals surface area contributed by atoms with Crippen LogP contribution in [0.25, 0.3) is 0 Å². The van der Waals surface area contributed by atoms with E-state index in [-0.39, 0.29) is 0 Å². The SMILES string of the molecule is CCN(CC)CCCC(C)Nc1cc(C)ccc1C#N. The molecule has 0 spiro atoms. The van der Waals surface area contributed by atoms with E-state index in [0.29, 0.717) is 6.04 Å². The Hall–Kier alpha value is -1.53. The second-order valence-electron chi connectivity index (χ2n) is 5.38. The molecule has 0 fully saturated rings. The smallest absolute Gasteiger partial charge is 0.101 e. The van der Waals surface area contributed by atoms with Gasteiger partial charge in [-0.15, -0.1) is 0 Å². The Labute approximate surface area is 123 Å². The Kier molecular flexibility index (Phi) is 7.11. The second-order valence-corrected chi connectivity index (χ2v) is 5.38. The van der Waals surface area contributed by atoms with E-state index in [1.54, 1.807) is 0 Å². The summed E-state index contributed by atoms with van der Waals surface area (Å²) in [4.78, 5) is 2.44. The van der Waals surface area contributed by atoms with E-state index in [0.717, 1.165) is 37.3 Å². The summed E-state index contributed by atoms with van der Waals surface area (Å²) in [6, 6.07) is 8.56. The predicted octanol–water partition coefficient (Wildman–Crippen LogP) is 3.79. The van der Waals surface area contributed by atoms with Crippen molar-refractivity contribution in [3.8, 4) is 6.07 Å². The largest absolute Gasteiger partial charge is 0.382 e. The van der Waals surface area contributed by atoms with Crippen molar-refractivity contribution < 1.29 is 0 Å². The van der Waals surface area contributed by atoms with Gasteiger partial charge in [0, 0.05) is 6.04 Å². The lowest BCUT2D eigenvalue weighted by Crippen LogP contribution is -2.25. The van der Waals surface area contributed by atoms with E-state index in [4.69, 9.17) is 5.26 Å².